The van der Waals surface area contributed by atoms with Crippen LogP contribution in [0.5, 0.6) is 0 Å². The van der Waals surface area contributed by atoms with Crippen LogP contribution in [0.1, 0.15) is 5.56 Å². The van der Waals surface area contributed by atoms with Crippen molar-refractivity contribution in [1.82, 2.24) is 5.32 Å². The molecule has 0 spiro atoms. The number of rotatable bonds is 4. The molecule has 0 aromatic heterocycles. The van der Waals surface area contributed by atoms with Crippen LogP contribution in [0.2, 0.25) is 0 Å². The normalized spacial score (nSPS) is 25.7. The summed E-state index contributed by atoms with van der Waals surface area (Å²) in [7, 11) is 0. The predicted octanol–water partition coefficient (Wildman–Crippen LogP) is 0.467. The lowest BCUT2D eigenvalue weighted by molar-refractivity contribution is -0.116. The van der Waals surface area contributed by atoms with Crippen LogP contribution in [-0.4, -0.2) is 30.8 Å². The fourth-order valence-corrected chi connectivity index (χ4v) is 1.49. The zero-order chi connectivity index (χ0) is 10.5. The highest BCUT2D eigenvalue weighted by atomic mass is 16.6. The van der Waals surface area contributed by atoms with Gasteiger partial charge in [-0.25, -0.2) is 0 Å². The molecule has 2 atom stereocenters. The topological polar surface area (TPSA) is 50.7 Å². The van der Waals surface area contributed by atoms with Gasteiger partial charge in [-0.15, -0.1) is 0 Å². The summed E-state index contributed by atoms with van der Waals surface area (Å²) in [5.41, 5.74) is 1.14. The molecule has 1 aliphatic heterocycles. The van der Waals surface area contributed by atoms with Gasteiger partial charge in [0.2, 0.25) is 6.41 Å². The van der Waals surface area contributed by atoms with E-state index in [1.165, 1.54) is 0 Å². The summed E-state index contributed by atoms with van der Waals surface area (Å²) in [6.45, 7) is 1.71. The predicted molar refractivity (Wildman–Crippen MR) is 55.0 cm³/mol. The summed E-state index contributed by atoms with van der Waals surface area (Å²) in [4.78, 5) is 0. The average molecular weight is 209 g/mol. The van der Waals surface area contributed by atoms with Crippen molar-refractivity contribution in [2.24, 2.45) is 0 Å². The monoisotopic (exact) mass is 209 g/mol. The minimum absolute atomic E-state index is 0.0521. The molecule has 1 heterocycles. The Kier molecular flexibility index (Phi) is 3.69. The number of ether oxygens (including phenoxy) is 2. The smallest absolute Gasteiger partial charge is 0.213 e. The maximum atomic E-state index is 9.03. The molecular weight excluding hydrogens is 194 g/mol. The Morgan fingerprint density at radius 2 is 2.20 bits per heavy atom. The van der Waals surface area contributed by atoms with Crippen molar-refractivity contribution >= 4 is 0 Å². The Balaban J connectivity index is 1.67. The molecule has 0 amide bonds. The maximum absolute atomic E-state index is 9.03. The number of hydrogen-bond acceptors (Lipinski definition) is 4. The molecule has 82 valence electrons. The van der Waals surface area contributed by atoms with E-state index in [0.717, 1.165) is 5.56 Å². The summed E-state index contributed by atoms with van der Waals surface area (Å²) in [6, 6.07) is 9.97. The molecule has 0 saturated carbocycles. The van der Waals surface area contributed by atoms with E-state index in [9.17, 15) is 0 Å². The van der Waals surface area contributed by atoms with Crippen LogP contribution >= 0.6 is 0 Å². The average Bonchev–Trinajstić information content (AvgIpc) is 2.66. The van der Waals surface area contributed by atoms with Crippen molar-refractivity contribution in [3.05, 3.63) is 35.9 Å². The summed E-state index contributed by atoms with van der Waals surface area (Å²) >= 11 is 0. The first kappa shape index (κ1) is 10.6. The summed E-state index contributed by atoms with van der Waals surface area (Å²) in [5, 5.41) is 11.8. The number of benzene rings is 1. The molecule has 2 unspecified atom stereocenters. The van der Waals surface area contributed by atoms with E-state index in [0.29, 0.717) is 19.8 Å². The van der Waals surface area contributed by atoms with Gasteiger partial charge >= 0.3 is 0 Å². The maximum Gasteiger partial charge on any atom is 0.213 e. The van der Waals surface area contributed by atoms with E-state index in [1.54, 1.807) is 0 Å². The molecule has 4 nitrogen and oxygen atoms in total. The quantitative estimate of drug-likeness (QED) is 0.756. The van der Waals surface area contributed by atoms with Gasteiger partial charge in [0.15, 0.2) is 0 Å². The highest BCUT2D eigenvalue weighted by Gasteiger charge is 2.22. The van der Waals surface area contributed by atoms with Crippen LogP contribution < -0.4 is 5.32 Å². The molecule has 1 fully saturated rings. The Morgan fingerprint density at radius 1 is 1.40 bits per heavy atom. The van der Waals surface area contributed by atoms with Gasteiger partial charge in [-0.3, -0.25) is 5.32 Å². The number of nitrogens with one attached hydrogen (secondary N) is 1. The Hall–Kier alpha value is -0.940. The summed E-state index contributed by atoms with van der Waals surface area (Å²) < 4.78 is 10.6. The third kappa shape index (κ3) is 3.28. The number of hydrogen-bond donors (Lipinski definition) is 2. The second kappa shape index (κ2) is 5.23. The Morgan fingerprint density at radius 3 is 2.87 bits per heavy atom. The number of aliphatic hydroxyl groups excluding tert-OH is 1. The first-order chi connectivity index (χ1) is 7.34. The molecule has 0 aliphatic carbocycles. The van der Waals surface area contributed by atoms with E-state index in [2.05, 4.69) is 5.32 Å². The molecule has 2 N–H and O–H groups in total. The molecule has 1 aliphatic rings. The highest BCUT2D eigenvalue weighted by Crippen LogP contribution is 2.05. The van der Waals surface area contributed by atoms with Crippen LogP contribution in [0.25, 0.3) is 0 Å². The molecule has 1 aromatic carbocycles. The van der Waals surface area contributed by atoms with Gasteiger partial charge in [0.05, 0.1) is 19.3 Å². The van der Waals surface area contributed by atoms with Crippen molar-refractivity contribution < 1.29 is 14.6 Å². The zero-order valence-electron chi connectivity index (χ0n) is 8.43. The van der Waals surface area contributed by atoms with Gasteiger partial charge in [-0.2, -0.15) is 0 Å². The van der Waals surface area contributed by atoms with Crippen molar-refractivity contribution in [3.8, 4) is 0 Å². The third-order valence-electron chi connectivity index (χ3n) is 2.26. The highest BCUT2D eigenvalue weighted by molar-refractivity contribution is 5.13. The summed E-state index contributed by atoms with van der Waals surface area (Å²) in [6.07, 6.45) is -0.890. The van der Waals surface area contributed by atoms with E-state index in [1.807, 2.05) is 30.3 Å². The molecule has 0 radical (unpaired) electrons. The first-order valence-electron chi connectivity index (χ1n) is 5.03. The van der Waals surface area contributed by atoms with Gasteiger partial charge in [0, 0.05) is 6.54 Å². The van der Waals surface area contributed by atoms with Crippen molar-refractivity contribution in [1.29, 1.82) is 0 Å². The lowest BCUT2D eigenvalue weighted by atomic mass is 10.2. The van der Waals surface area contributed by atoms with Crippen LogP contribution in [0.3, 0.4) is 0 Å². The standard InChI is InChI=1S/C11H15NO3/c13-11-12-6-10(15-11)8-14-7-9-4-2-1-3-5-9/h1-5,10-13H,6-8H2. The van der Waals surface area contributed by atoms with Gasteiger partial charge < -0.3 is 14.6 Å². The Labute approximate surface area is 88.8 Å². The minimum atomic E-state index is -0.838. The number of aliphatic hydroxyl groups is 1. The van der Waals surface area contributed by atoms with Gasteiger partial charge in [-0.05, 0) is 5.56 Å². The van der Waals surface area contributed by atoms with E-state index in [-0.39, 0.29) is 6.10 Å². The first-order valence-corrected chi connectivity index (χ1v) is 5.03. The van der Waals surface area contributed by atoms with Crippen LogP contribution in [0.15, 0.2) is 30.3 Å². The van der Waals surface area contributed by atoms with Crippen LogP contribution in [0.4, 0.5) is 0 Å². The zero-order valence-corrected chi connectivity index (χ0v) is 8.43. The lowest BCUT2D eigenvalue weighted by Gasteiger charge is -2.09. The fourth-order valence-electron chi connectivity index (χ4n) is 1.49. The van der Waals surface area contributed by atoms with E-state index >= 15 is 0 Å². The van der Waals surface area contributed by atoms with Gasteiger partial charge in [-0.1, -0.05) is 30.3 Å². The van der Waals surface area contributed by atoms with Crippen LogP contribution in [-0.2, 0) is 16.1 Å². The molecule has 2 rings (SSSR count). The fraction of sp³-hybridized carbons (Fsp3) is 0.455. The molecule has 1 aromatic rings. The largest absolute Gasteiger partial charge is 0.374 e. The van der Waals surface area contributed by atoms with Crippen molar-refractivity contribution in [2.75, 3.05) is 13.2 Å². The van der Waals surface area contributed by atoms with Crippen molar-refractivity contribution in [2.45, 2.75) is 19.1 Å². The molecule has 15 heavy (non-hydrogen) atoms. The molecule has 1 saturated heterocycles. The molecular formula is C11H15NO3. The molecule has 0 bridgehead atoms. The lowest BCUT2D eigenvalue weighted by Crippen LogP contribution is -2.21. The second-order valence-electron chi connectivity index (χ2n) is 3.52. The van der Waals surface area contributed by atoms with Crippen molar-refractivity contribution in [3.63, 3.8) is 0 Å². The van der Waals surface area contributed by atoms with E-state index < -0.39 is 6.41 Å². The SMILES string of the molecule is OC1NCC(COCc2ccccc2)O1. The molecule has 4 heteroatoms. The Bertz CT molecular complexity index is 291. The van der Waals surface area contributed by atoms with Crippen LogP contribution in [0, 0.1) is 0 Å². The second-order valence-corrected chi connectivity index (χ2v) is 3.52. The third-order valence-corrected chi connectivity index (χ3v) is 2.26. The van der Waals surface area contributed by atoms with Gasteiger partial charge in [0.25, 0.3) is 0 Å². The minimum Gasteiger partial charge on any atom is -0.374 e. The van der Waals surface area contributed by atoms with Gasteiger partial charge in [0.1, 0.15) is 0 Å². The summed E-state index contributed by atoms with van der Waals surface area (Å²) in [5.74, 6) is 0. The van der Waals surface area contributed by atoms with E-state index in [4.69, 9.17) is 14.6 Å².